The summed E-state index contributed by atoms with van der Waals surface area (Å²) in [6.45, 7) is 0.947. The maximum atomic E-state index is 12.8. The van der Waals surface area contributed by atoms with Crippen LogP contribution in [0.4, 0.5) is 18.9 Å². The summed E-state index contributed by atoms with van der Waals surface area (Å²) in [5.41, 5.74) is 5.52. The number of carbonyl (C=O) groups is 1. The first-order valence-corrected chi connectivity index (χ1v) is 9.60. The smallest absolute Gasteiger partial charge is 0.368 e. The molecule has 1 aromatic carbocycles. The lowest BCUT2D eigenvalue weighted by molar-refractivity contribution is -0.137. The number of benzene rings is 1. The van der Waals surface area contributed by atoms with Crippen molar-refractivity contribution in [2.75, 3.05) is 18.0 Å². The third kappa shape index (κ3) is 4.64. The number of thiophene rings is 1. The molecule has 0 radical (unpaired) electrons. The SMILES string of the molecule is N#Cc1cc(C(F)(F)F)ccc1N1CC[C@H](NC(=O)[C@@H](N)Cc2cccs2)C1. The Morgan fingerprint density at radius 1 is 1.43 bits per heavy atom. The molecule has 2 atom stereocenters. The fraction of sp³-hybridized carbons (Fsp3) is 0.368. The van der Waals surface area contributed by atoms with Crippen LogP contribution in [0.5, 0.6) is 0 Å². The molecular weight excluding hydrogens is 389 g/mol. The van der Waals surface area contributed by atoms with Gasteiger partial charge in [0.05, 0.1) is 22.9 Å². The first-order valence-electron chi connectivity index (χ1n) is 8.72. The summed E-state index contributed by atoms with van der Waals surface area (Å²) in [6, 6.07) is 7.97. The minimum Gasteiger partial charge on any atom is -0.368 e. The molecule has 3 rings (SSSR count). The summed E-state index contributed by atoms with van der Waals surface area (Å²) in [5, 5.41) is 14.1. The van der Waals surface area contributed by atoms with E-state index < -0.39 is 17.8 Å². The van der Waals surface area contributed by atoms with Crippen molar-refractivity contribution in [1.29, 1.82) is 5.26 Å². The average molecular weight is 408 g/mol. The van der Waals surface area contributed by atoms with Crippen LogP contribution >= 0.6 is 11.3 Å². The number of halogens is 3. The monoisotopic (exact) mass is 408 g/mol. The number of rotatable bonds is 5. The first kappa shape index (κ1) is 20.2. The average Bonchev–Trinajstić information content (AvgIpc) is 3.32. The lowest BCUT2D eigenvalue weighted by Gasteiger charge is -2.22. The highest BCUT2D eigenvalue weighted by Crippen LogP contribution is 2.33. The molecule has 1 aliphatic heterocycles. The summed E-state index contributed by atoms with van der Waals surface area (Å²) in [4.78, 5) is 15.2. The lowest BCUT2D eigenvalue weighted by atomic mass is 10.1. The van der Waals surface area contributed by atoms with Crippen LogP contribution < -0.4 is 16.0 Å². The molecule has 5 nitrogen and oxygen atoms in total. The van der Waals surface area contributed by atoms with Crippen molar-refractivity contribution in [3.8, 4) is 6.07 Å². The molecule has 1 fully saturated rings. The second-order valence-corrected chi connectivity index (χ2v) is 7.70. The zero-order chi connectivity index (χ0) is 20.3. The molecule has 1 amide bonds. The Morgan fingerprint density at radius 2 is 2.21 bits per heavy atom. The van der Waals surface area contributed by atoms with Crippen LogP contribution in [0.1, 0.15) is 22.4 Å². The van der Waals surface area contributed by atoms with Crippen LogP contribution in [-0.2, 0) is 17.4 Å². The Hall–Kier alpha value is -2.57. The minimum atomic E-state index is -4.50. The molecule has 9 heteroatoms. The molecule has 0 spiro atoms. The Morgan fingerprint density at radius 3 is 2.86 bits per heavy atom. The Bertz CT molecular complexity index is 876. The van der Waals surface area contributed by atoms with Gasteiger partial charge in [0.25, 0.3) is 0 Å². The van der Waals surface area contributed by atoms with Gasteiger partial charge in [0, 0.05) is 30.4 Å². The summed E-state index contributed by atoms with van der Waals surface area (Å²) in [5.74, 6) is -0.256. The number of nitrogens with zero attached hydrogens (tertiary/aromatic N) is 2. The lowest BCUT2D eigenvalue weighted by Crippen LogP contribution is -2.47. The van der Waals surface area contributed by atoms with Crippen LogP contribution in [0.3, 0.4) is 0 Å². The molecule has 0 unspecified atom stereocenters. The predicted molar refractivity (Wildman–Crippen MR) is 101 cm³/mol. The van der Waals surface area contributed by atoms with Crippen molar-refractivity contribution in [2.45, 2.75) is 31.1 Å². The van der Waals surface area contributed by atoms with Crippen molar-refractivity contribution in [3.05, 3.63) is 51.7 Å². The Kier molecular flexibility index (Phi) is 5.91. The van der Waals surface area contributed by atoms with Gasteiger partial charge in [-0.25, -0.2) is 0 Å². The van der Waals surface area contributed by atoms with Gasteiger partial charge in [-0.2, -0.15) is 18.4 Å². The molecular formula is C19H19F3N4OS. The van der Waals surface area contributed by atoms with Crippen LogP contribution in [0.25, 0.3) is 0 Å². The molecule has 1 aliphatic rings. The number of amides is 1. The van der Waals surface area contributed by atoms with Crippen molar-refractivity contribution in [2.24, 2.45) is 5.73 Å². The molecule has 0 saturated carbocycles. The topological polar surface area (TPSA) is 82.2 Å². The number of carbonyl (C=O) groups excluding carboxylic acids is 1. The van der Waals surface area contributed by atoms with Gasteiger partial charge in [-0.3, -0.25) is 4.79 Å². The number of nitrogens with one attached hydrogen (secondary N) is 1. The minimum absolute atomic E-state index is 0.0313. The molecule has 1 saturated heterocycles. The predicted octanol–water partition coefficient (Wildman–Crippen LogP) is 2.90. The van der Waals surface area contributed by atoms with Crippen molar-refractivity contribution in [3.63, 3.8) is 0 Å². The fourth-order valence-corrected chi connectivity index (χ4v) is 3.99. The number of hydrogen-bond donors (Lipinski definition) is 2. The number of hydrogen-bond acceptors (Lipinski definition) is 5. The van der Waals surface area contributed by atoms with Crippen LogP contribution in [0, 0.1) is 11.3 Å². The van der Waals surface area contributed by atoms with Gasteiger partial charge in [-0.15, -0.1) is 11.3 Å². The largest absolute Gasteiger partial charge is 0.416 e. The van der Waals surface area contributed by atoms with E-state index in [9.17, 15) is 23.2 Å². The van der Waals surface area contributed by atoms with E-state index in [-0.39, 0.29) is 17.5 Å². The molecule has 1 aromatic heterocycles. The van der Waals surface area contributed by atoms with E-state index in [0.717, 1.165) is 17.0 Å². The number of anilines is 1. The van der Waals surface area contributed by atoms with E-state index in [1.54, 1.807) is 0 Å². The van der Waals surface area contributed by atoms with E-state index in [0.29, 0.717) is 31.6 Å². The maximum absolute atomic E-state index is 12.8. The first-order chi connectivity index (χ1) is 13.3. The Balaban J connectivity index is 1.62. The quantitative estimate of drug-likeness (QED) is 0.797. The zero-order valence-electron chi connectivity index (χ0n) is 14.9. The molecule has 148 valence electrons. The van der Waals surface area contributed by atoms with Gasteiger partial charge in [-0.1, -0.05) is 6.07 Å². The molecule has 2 heterocycles. The highest BCUT2D eigenvalue weighted by atomic mass is 32.1. The second kappa shape index (κ2) is 8.20. The van der Waals surface area contributed by atoms with Gasteiger partial charge < -0.3 is 16.0 Å². The van der Waals surface area contributed by atoms with Crippen LogP contribution in [0.2, 0.25) is 0 Å². The summed E-state index contributed by atoms with van der Waals surface area (Å²) >= 11 is 1.54. The van der Waals surface area contributed by atoms with E-state index >= 15 is 0 Å². The zero-order valence-corrected chi connectivity index (χ0v) is 15.7. The standard InChI is InChI=1S/C19H19F3N4OS/c20-19(21,22)13-3-4-17(12(8-13)10-23)26-6-5-14(11-26)25-18(27)16(24)9-15-2-1-7-28-15/h1-4,7-8,14,16H,5-6,9,11,24H2,(H,25,27)/t14-,16-/m0/s1. The van der Waals surface area contributed by atoms with Gasteiger partial charge in [0.15, 0.2) is 0 Å². The highest BCUT2D eigenvalue weighted by Gasteiger charge is 2.32. The van der Waals surface area contributed by atoms with Gasteiger partial charge >= 0.3 is 6.18 Å². The maximum Gasteiger partial charge on any atom is 0.416 e. The second-order valence-electron chi connectivity index (χ2n) is 6.67. The van der Waals surface area contributed by atoms with Crippen molar-refractivity contribution >= 4 is 22.9 Å². The van der Waals surface area contributed by atoms with Crippen molar-refractivity contribution < 1.29 is 18.0 Å². The van der Waals surface area contributed by atoms with Crippen molar-refractivity contribution in [1.82, 2.24) is 5.32 Å². The summed E-state index contributed by atoms with van der Waals surface area (Å²) in [6.07, 6.45) is -3.41. The van der Waals surface area contributed by atoms with Crippen LogP contribution in [-0.4, -0.2) is 31.1 Å². The van der Waals surface area contributed by atoms with E-state index in [1.807, 2.05) is 28.5 Å². The van der Waals surface area contributed by atoms with E-state index in [4.69, 9.17) is 5.73 Å². The molecule has 28 heavy (non-hydrogen) atoms. The Labute approximate surface area is 164 Å². The van der Waals surface area contributed by atoms with Gasteiger partial charge in [0.2, 0.25) is 5.91 Å². The fourth-order valence-electron chi connectivity index (χ4n) is 3.22. The number of nitriles is 1. The van der Waals surface area contributed by atoms with E-state index in [2.05, 4.69) is 5.32 Å². The summed E-state index contributed by atoms with van der Waals surface area (Å²) in [7, 11) is 0. The third-order valence-electron chi connectivity index (χ3n) is 4.66. The highest BCUT2D eigenvalue weighted by molar-refractivity contribution is 7.09. The molecule has 0 aliphatic carbocycles. The molecule has 2 aromatic rings. The van der Waals surface area contributed by atoms with Gasteiger partial charge in [0.1, 0.15) is 6.07 Å². The number of nitrogens with two attached hydrogens (primary N) is 1. The van der Waals surface area contributed by atoms with Gasteiger partial charge in [-0.05, 0) is 36.1 Å². The van der Waals surface area contributed by atoms with Crippen LogP contribution in [0.15, 0.2) is 35.7 Å². The summed E-state index contributed by atoms with van der Waals surface area (Å²) < 4.78 is 38.5. The number of alkyl halides is 3. The molecule has 0 bridgehead atoms. The third-order valence-corrected chi connectivity index (χ3v) is 5.56. The molecule has 3 N–H and O–H groups in total. The van der Waals surface area contributed by atoms with E-state index in [1.165, 1.54) is 17.4 Å². The normalized spacial score (nSPS) is 18.0.